The van der Waals surface area contributed by atoms with Crippen LogP contribution in [0.25, 0.3) is 0 Å². The molecule has 2 aromatic rings. The Morgan fingerprint density at radius 2 is 1.67 bits per heavy atom. The Morgan fingerprint density at radius 3 is 2.27 bits per heavy atom. The summed E-state index contributed by atoms with van der Waals surface area (Å²) in [6.07, 6.45) is 1.80. The fraction of sp³-hybridized carbons (Fsp3) is 0.385. The van der Waals surface area contributed by atoms with Gasteiger partial charge in [-0.1, -0.05) is 51.1 Å². The van der Waals surface area contributed by atoms with Crippen molar-refractivity contribution in [3.8, 4) is 5.75 Å². The standard InChI is InChI=1S/C26H29NO3/c1-5-20-24(17-9-7-6-8-10-17)27(18-11-13-19(30-4)14-12-18)21-15-26(2,3)16-22(28)23(21)25(20)29/h6-14,20,24H,5,15-16H2,1-4H3/t20-,24-/m1/s1. The zero-order valence-electron chi connectivity index (χ0n) is 18.1. The van der Waals surface area contributed by atoms with Crippen LogP contribution in [-0.2, 0) is 9.59 Å². The molecule has 0 spiro atoms. The summed E-state index contributed by atoms with van der Waals surface area (Å²) in [5, 5.41) is 0. The molecule has 0 radical (unpaired) electrons. The largest absolute Gasteiger partial charge is 0.497 e. The Hall–Kier alpha value is -2.88. The molecule has 0 aromatic heterocycles. The van der Waals surface area contributed by atoms with Gasteiger partial charge in [-0.25, -0.2) is 0 Å². The Kier molecular flexibility index (Phi) is 5.27. The third-order valence-electron chi connectivity index (χ3n) is 6.32. The number of methoxy groups -OCH3 is 1. The second-order valence-corrected chi connectivity index (χ2v) is 9.07. The molecule has 0 amide bonds. The molecule has 2 atom stereocenters. The first-order chi connectivity index (χ1) is 14.4. The highest BCUT2D eigenvalue weighted by atomic mass is 16.5. The number of benzene rings is 2. The van der Waals surface area contributed by atoms with E-state index < -0.39 is 0 Å². The normalized spacial score (nSPS) is 23.4. The van der Waals surface area contributed by atoms with Crippen LogP contribution in [0.3, 0.4) is 0 Å². The van der Waals surface area contributed by atoms with Gasteiger partial charge in [-0.2, -0.15) is 0 Å². The molecule has 0 N–H and O–H groups in total. The molecular weight excluding hydrogens is 374 g/mol. The van der Waals surface area contributed by atoms with Crippen molar-refractivity contribution in [2.75, 3.05) is 12.0 Å². The number of Topliss-reactive ketones (excluding diaryl/α,β-unsaturated/α-hetero) is 2. The predicted molar refractivity (Wildman–Crippen MR) is 118 cm³/mol. The molecule has 4 nitrogen and oxygen atoms in total. The van der Waals surface area contributed by atoms with Crippen molar-refractivity contribution < 1.29 is 14.3 Å². The molecule has 156 valence electrons. The third kappa shape index (κ3) is 3.45. The van der Waals surface area contributed by atoms with Crippen molar-refractivity contribution in [2.24, 2.45) is 11.3 Å². The van der Waals surface area contributed by atoms with Crippen molar-refractivity contribution >= 4 is 17.3 Å². The van der Waals surface area contributed by atoms with Gasteiger partial charge in [-0.05, 0) is 48.1 Å². The van der Waals surface area contributed by atoms with E-state index in [1.165, 1.54) is 0 Å². The molecule has 0 fully saturated rings. The minimum Gasteiger partial charge on any atom is -0.497 e. The van der Waals surface area contributed by atoms with Gasteiger partial charge in [-0.15, -0.1) is 0 Å². The topological polar surface area (TPSA) is 46.6 Å². The van der Waals surface area contributed by atoms with Crippen molar-refractivity contribution in [3.05, 3.63) is 71.4 Å². The Bertz CT molecular complexity index is 989. The fourth-order valence-corrected chi connectivity index (χ4v) is 4.95. The highest BCUT2D eigenvalue weighted by molar-refractivity contribution is 6.23. The van der Waals surface area contributed by atoms with E-state index in [0.717, 1.165) is 22.7 Å². The maximum atomic E-state index is 13.5. The van der Waals surface area contributed by atoms with Crippen molar-refractivity contribution in [1.29, 1.82) is 0 Å². The molecule has 0 saturated heterocycles. The second-order valence-electron chi connectivity index (χ2n) is 9.07. The summed E-state index contributed by atoms with van der Waals surface area (Å²) in [6.45, 7) is 6.25. The van der Waals surface area contributed by atoms with E-state index in [9.17, 15) is 9.59 Å². The van der Waals surface area contributed by atoms with Crippen molar-refractivity contribution in [2.45, 2.75) is 46.1 Å². The minimum atomic E-state index is -0.265. The number of carbonyl (C=O) groups excluding carboxylic acids is 2. The Morgan fingerprint density at radius 1 is 1.00 bits per heavy atom. The number of ketones is 2. The van der Waals surface area contributed by atoms with Crippen LogP contribution in [0.5, 0.6) is 5.75 Å². The van der Waals surface area contributed by atoms with Crippen LogP contribution in [0.2, 0.25) is 0 Å². The van der Waals surface area contributed by atoms with E-state index in [2.05, 4.69) is 30.9 Å². The molecule has 4 heteroatoms. The average molecular weight is 404 g/mol. The number of allylic oxidation sites excluding steroid dienone is 2. The van der Waals surface area contributed by atoms with Gasteiger partial charge in [0.1, 0.15) is 5.75 Å². The van der Waals surface area contributed by atoms with Crippen LogP contribution in [0.15, 0.2) is 65.9 Å². The van der Waals surface area contributed by atoms with Crippen LogP contribution >= 0.6 is 0 Å². The first kappa shape index (κ1) is 20.4. The van der Waals surface area contributed by atoms with Crippen LogP contribution in [0, 0.1) is 11.3 Å². The Balaban J connectivity index is 1.96. The maximum absolute atomic E-state index is 13.5. The van der Waals surface area contributed by atoms with Crippen molar-refractivity contribution in [1.82, 2.24) is 0 Å². The summed E-state index contributed by atoms with van der Waals surface area (Å²) in [6, 6.07) is 18.0. The van der Waals surface area contributed by atoms with Gasteiger partial charge in [0, 0.05) is 23.7 Å². The van der Waals surface area contributed by atoms with Gasteiger partial charge in [0.05, 0.1) is 18.7 Å². The molecule has 1 aliphatic heterocycles. The van der Waals surface area contributed by atoms with Crippen LogP contribution in [0.1, 0.15) is 51.6 Å². The first-order valence-electron chi connectivity index (χ1n) is 10.6. The lowest BCUT2D eigenvalue weighted by Gasteiger charge is -2.48. The second kappa shape index (κ2) is 7.75. The molecule has 2 aromatic carbocycles. The van der Waals surface area contributed by atoms with E-state index in [1.54, 1.807) is 7.11 Å². The number of hydrogen-bond acceptors (Lipinski definition) is 4. The molecule has 1 aliphatic carbocycles. The summed E-state index contributed by atoms with van der Waals surface area (Å²) in [7, 11) is 1.65. The summed E-state index contributed by atoms with van der Waals surface area (Å²) in [5.74, 6) is 0.504. The SMILES string of the molecule is CC[C@H]1C(=O)C2=C(CC(C)(C)CC2=O)N(c2ccc(OC)cc2)[C@@H]1c1ccccc1. The molecule has 0 bridgehead atoms. The first-order valence-corrected chi connectivity index (χ1v) is 10.6. The van der Waals surface area contributed by atoms with Crippen LogP contribution < -0.4 is 9.64 Å². The van der Waals surface area contributed by atoms with E-state index >= 15 is 0 Å². The number of carbonyl (C=O) groups is 2. The quantitative estimate of drug-likeness (QED) is 0.633. The minimum absolute atomic E-state index is 0.00612. The molecule has 4 rings (SSSR count). The molecule has 30 heavy (non-hydrogen) atoms. The summed E-state index contributed by atoms with van der Waals surface area (Å²) in [4.78, 5) is 28.9. The summed E-state index contributed by atoms with van der Waals surface area (Å²) < 4.78 is 5.35. The molecule has 0 saturated carbocycles. The van der Waals surface area contributed by atoms with Crippen molar-refractivity contribution in [3.63, 3.8) is 0 Å². The van der Waals surface area contributed by atoms with Gasteiger partial charge >= 0.3 is 0 Å². The van der Waals surface area contributed by atoms with E-state index in [0.29, 0.717) is 24.8 Å². The zero-order valence-corrected chi connectivity index (χ0v) is 18.1. The van der Waals surface area contributed by atoms with Gasteiger partial charge in [0.2, 0.25) is 0 Å². The predicted octanol–water partition coefficient (Wildman–Crippen LogP) is 5.50. The highest BCUT2D eigenvalue weighted by Gasteiger charge is 2.48. The summed E-state index contributed by atoms with van der Waals surface area (Å²) >= 11 is 0. The van der Waals surface area contributed by atoms with Gasteiger partial charge in [0.25, 0.3) is 0 Å². The van der Waals surface area contributed by atoms with Gasteiger partial charge in [0.15, 0.2) is 11.6 Å². The fourth-order valence-electron chi connectivity index (χ4n) is 4.95. The van der Waals surface area contributed by atoms with E-state index in [1.807, 2.05) is 49.4 Å². The number of hydrogen-bond donors (Lipinski definition) is 0. The lowest BCUT2D eigenvalue weighted by atomic mass is 9.69. The highest BCUT2D eigenvalue weighted by Crippen LogP contribution is 2.50. The van der Waals surface area contributed by atoms with Crippen LogP contribution in [-0.4, -0.2) is 18.7 Å². The lowest BCUT2D eigenvalue weighted by Crippen LogP contribution is -2.47. The van der Waals surface area contributed by atoms with Gasteiger partial charge in [-0.3, -0.25) is 9.59 Å². The summed E-state index contributed by atoms with van der Waals surface area (Å²) in [5.41, 5.74) is 3.18. The monoisotopic (exact) mass is 403 g/mol. The van der Waals surface area contributed by atoms with Gasteiger partial charge < -0.3 is 9.64 Å². The maximum Gasteiger partial charge on any atom is 0.173 e. The average Bonchev–Trinajstić information content (AvgIpc) is 2.73. The number of ether oxygens (including phenoxy) is 1. The molecule has 2 aliphatic rings. The third-order valence-corrected chi connectivity index (χ3v) is 6.32. The molecule has 1 heterocycles. The lowest BCUT2D eigenvalue weighted by molar-refractivity contribution is -0.126. The zero-order chi connectivity index (χ0) is 21.5. The Labute approximate surface area is 178 Å². The number of nitrogens with zero attached hydrogens (tertiary/aromatic N) is 1. The number of anilines is 1. The molecular formula is C26H29NO3. The van der Waals surface area contributed by atoms with E-state index in [-0.39, 0.29) is 28.9 Å². The van der Waals surface area contributed by atoms with E-state index in [4.69, 9.17) is 4.74 Å². The number of rotatable bonds is 4. The van der Waals surface area contributed by atoms with Crippen LogP contribution in [0.4, 0.5) is 5.69 Å². The molecule has 0 unspecified atom stereocenters. The smallest absolute Gasteiger partial charge is 0.173 e.